The fraction of sp³-hybridized carbons (Fsp3) is 0.333. The second-order valence-corrected chi connectivity index (χ2v) is 28.0. The molecule has 0 aliphatic carbocycles. The molecule has 0 amide bonds. The molecule has 1 aromatic heterocycles. The Morgan fingerprint density at radius 2 is 0.608 bits per heavy atom. The first-order valence-electron chi connectivity index (χ1n) is 37.8. The first-order valence-corrected chi connectivity index (χ1v) is 37.8. The van der Waals surface area contributed by atoms with Crippen LogP contribution in [0.5, 0.6) is 23.0 Å². The molecule has 0 saturated heterocycles. The van der Waals surface area contributed by atoms with Gasteiger partial charge in [-0.2, -0.15) is 0 Å². The van der Waals surface area contributed by atoms with Crippen molar-refractivity contribution in [2.24, 2.45) is 0 Å². The number of para-hydroxylation sites is 2. The fourth-order valence-corrected chi connectivity index (χ4v) is 12.7. The summed E-state index contributed by atoms with van der Waals surface area (Å²) in [5.74, 6) is 4.72. The maximum atomic E-state index is 6.64. The van der Waals surface area contributed by atoms with E-state index >= 15 is 0 Å². The number of ether oxygens (including phenoxy) is 4. The maximum Gasteiger partial charge on any atom is 0.248 e. The predicted molar refractivity (Wildman–Crippen MR) is 429 cm³/mol. The summed E-state index contributed by atoms with van der Waals surface area (Å²) in [6, 6.07) is 81.7. The van der Waals surface area contributed by atoms with E-state index in [4.69, 9.17) is 23.4 Å². The Morgan fingerprint density at radius 1 is 0.304 bits per heavy atom. The first-order chi connectivity index (χ1) is 49.8. The normalized spacial score (nSPS) is 11.2. The highest BCUT2D eigenvalue weighted by molar-refractivity contribution is 5.83. The van der Waals surface area contributed by atoms with Gasteiger partial charge in [-0.3, -0.25) is 0 Å². The lowest BCUT2D eigenvalue weighted by Gasteiger charge is -2.27. The number of hydrogen-bond donors (Lipinski definition) is 0. The quantitative estimate of drug-likeness (QED) is 0.0361. The molecule has 0 N–H and O–H groups in total. The van der Waals surface area contributed by atoms with Gasteiger partial charge in [-0.05, 0) is 201 Å². The van der Waals surface area contributed by atoms with Crippen LogP contribution in [0.3, 0.4) is 0 Å². The minimum absolute atomic E-state index is 0.0953. The molecular formula is C93H108N4O5. The van der Waals surface area contributed by atoms with Crippen molar-refractivity contribution >= 4 is 34.1 Å². The van der Waals surface area contributed by atoms with E-state index in [2.05, 4.69) is 283 Å². The van der Waals surface area contributed by atoms with Crippen LogP contribution in [0, 0.1) is 20.8 Å². The van der Waals surface area contributed by atoms with Gasteiger partial charge in [0.05, 0.1) is 26.4 Å². The van der Waals surface area contributed by atoms with Crippen molar-refractivity contribution in [2.45, 2.75) is 177 Å². The summed E-state index contributed by atoms with van der Waals surface area (Å²) in [5.41, 5.74) is 19.7. The summed E-state index contributed by atoms with van der Waals surface area (Å²) >= 11 is 0. The number of aryl methyl sites for hydroxylation is 3. The molecule has 9 nitrogen and oxygen atoms in total. The highest BCUT2D eigenvalue weighted by atomic mass is 16.5. The van der Waals surface area contributed by atoms with Crippen molar-refractivity contribution in [3.63, 3.8) is 0 Å². The summed E-state index contributed by atoms with van der Waals surface area (Å²) in [7, 11) is 0. The molecule has 530 valence electrons. The molecule has 1 heterocycles. The highest BCUT2D eigenvalue weighted by Gasteiger charge is 2.25. The molecule has 11 rings (SSSR count). The molecule has 0 bridgehead atoms. The van der Waals surface area contributed by atoms with Crippen LogP contribution in [-0.2, 0) is 5.41 Å². The summed E-state index contributed by atoms with van der Waals surface area (Å²) < 4.78 is 31.8. The van der Waals surface area contributed by atoms with Crippen molar-refractivity contribution in [1.82, 2.24) is 10.2 Å². The monoisotopic (exact) mass is 1360 g/mol. The van der Waals surface area contributed by atoms with Crippen LogP contribution >= 0.6 is 0 Å². The SMILES string of the molecule is CCCCCCOc1cc(-c2ccc(-c3nnc(-c4ccc(C)cc4)o3)cc2)c(OCCCCCC)cc1C.CCCCCCOc1cc(C(C)(C)C)c(OCCCCCC)cc1-c1ccc(N(c2ccccc2)c2ccc(-c3ccc(N(c4ccccc4)c4ccc(C)cc4)cc3)cc2)cc1. The van der Waals surface area contributed by atoms with Gasteiger partial charge in [-0.1, -0.05) is 246 Å². The van der Waals surface area contributed by atoms with E-state index in [-0.39, 0.29) is 5.41 Å². The number of nitrogens with zero attached hydrogens (tertiary/aromatic N) is 4. The van der Waals surface area contributed by atoms with Crippen LogP contribution in [-0.4, -0.2) is 36.6 Å². The van der Waals surface area contributed by atoms with E-state index < -0.39 is 0 Å². The maximum absolute atomic E-state index is 6.64. The molecule has 10 aromatic carbocycles. The number of anilines is 6. The summed E-state index contributed by atoms with van der Waals surface area (Å²) in [4.78, 5) is 4.63. The Labute approximate surface area is 609 Å². The van der Waals surface area contributed by atoms with Crippen LogP contribution in [0.1, 0.15) is 173 Å². The fourth-order valence-electron chi connectivity index (χ4n) is 12.7. The molecule has 0 aliphatic heterocycles. The molecule has 0 fully saturated rings. The van der Waals surface area contributed by atoms with Gasteiger partial charge in [-0.25, -0.2) is 0 Å². The number of hydrogen-bond acceptors (Lipinski definition) is 9. The minimum Gasteiger partial charge on any atom is -0.493 e. The van der Waals surface area contributed by atoms with Gasteiger partial charge in [0.15, 0.2) is 0 Å². The summed E-state index contributed by atoms with van der Waals surface area (Å²) in [5, 5.41) is 8.55. The second kappa shape index (κ2) is 38.3. The molecule has 0 unspecified atom stereocenters. The van der Waals surface area contributed by atoms with Gasteiger partial charge in [0, 0.05) is 61.9 Å². The van der Waals surface area contributed by atoms with Crippen LogP contribution < -0.4 is 28.7 Å². The molecule has 0 radical (unpaired) electrons. The van der Waals surface area contributed by atoms with E-state index in [9.17, 15) is 0 Å². The van der Waals surface area contributed by atoms with E-state index in [1.54, 1.807) is 0 Å². The number of rotatable bonds is 35. The van der Waals surface area contributed by atoms with E-state index in [1.165, 1.54) is 105 Å². The molecular weight excluding hydrogens is 1250 g/mol. The third kappa shape index (κ3) is 20.9. The molecule has 0 spiro atoms. The summed E-state index contributed by atoms with van der Waals surface area (Å²) in [6.07, 6.45) is 18.8. The minimum atomic E-state index is -0.0953. The third-order valence-electron chi connectivity index (χ3n) is 18.7. The lowest BCUT2D eigenvalue weighted by atomic mass is 9.84. The van der Waals surface area contributed by atoms with Crippen molar-refractivity contribution in [3.8, 4) is 79.3 Å². The lowest BCUT2D eigenvalue weighted by Crippen LogP contribution is -2.15. The average molecular weight is 1360 g/mol. The topological polar surface area (TPSA) is 82.3 Å². The van der Waals surface area contributed by atoms with Gasteiger partial charge < -0.3 is 33.2 Å². The number of aromatic nitrogens is 2. The van der Waals surface area contributed by atoms with Crippen LogP contribution in [0.2, 0.25) is 0 Å². The zero-order chi connectivity index (χ0) is 71.5. The van der Waals surface area contributed by atoms with Gasteiger partial charge in [0.2, 0.25) is 11.8 Å². The van der Waals surface area contributed by atoms with Crippen LogP contribution in [0.15, 0.2) is 235 Å². The zero-order valence-electron chi connectivity index (χ0n) is 62.4. The molecule has 0 saturated carbocycles. The molecule has 102 heavy (non-hydrogen) atoms. The molecule has 0 aliphatic rings. The predicted octanol–water partition coefficient (Wildman–Crippen LogP) is 27.1. The third-order valence-corrected chi connectivity index (χ3v) is 18.7. The molecule has 0 atom stereocenters. The molecule has 11 aromatic rings. The Morgan fingerprint density at radius 3 is 1.00 bits per heavy atom. The largest absolute Gasteiger partial charge is 0.493 e. The average Bonchev–Trinajstić information content (AvgIpc) is 0.988. The second-order valence-electron chi connectivity index (χ2n) is 28.0. The Kier molecular flexibility index (Phi) is 28.1. The first kappa shape index (κ1) is 74.8. The van der Waals surface area contributed by atoms with Gasteiger partial charge in [-0.15, -0.1) is 10.2 Å². The van der Waals surface area contributed by atoms with E-state index in [1.807, 2.05) is 36.4 Å². The smallest absolute Gasteiger partial charge is 0.248 e. The molecule has 9 heteroatoms. The van der Waals surface area contributed by atoms with E-state index in [0.717, 1.165) is 135 Å². The Bertz CT molecular complexity index is 4260. The van der Waals surface area contributed by atoms with E-state index in [0.29, 0.717) is 25.0 Å². The summed E-state index contributed by atoms with van der Waals surface area (Å²) in [6.45, 7) is 24.9. The van der Waals surface area contributed by atoms with Gasteiger partial charge >= 0.3 is 0 Å². The van der Waals surface area contributed by atoms with Crippen LogP contribution in [0.4, 0.5) is 34.1 Å². The van der Waals surface area contributed by atoms with Crippen molar-refractivity contribution in [1.29, 1.82) is 0 Å². The highest BCUT2D eigenvalue weighted by Crippen LogP contribution is 2.45. The van der Waals surface area contributed by atoms with Crippen molar-refractivity contribution in [2.75, 3.05) is 36.2 Å². The lowest BCUT2D eigenvalue weighted by molar-refractivity contribution is 0.291. The standard InChI is InChI=1S/C59H66N2O2.C34H42N2O3/c1-7-9-11-19-41-62-57-44-56(59(4,5)6)58(63-42-20-12-10-8-2)43-55(57)48-31-39-54(40-32-48)61(50-23-17-14-18-24-50)53-37-29-47(30-38-53)46-27-35-52(36-28-46)60(49-21-15-13-16-22-49)51-33-25-45(3)26-34-51;1-5-7-9-11-21-37-31-24-30(32(23-26(31)4)38-22-12-10-8-6-2)27-17-19-29(20-18-27)34-36-35-33(39-34)28-15-13-25(3)14-16-28/h13-18,21-40,43-44H,7-12,19-20,41-42H2,1-6H3;13-20,23-24H,5-12,21-22H2,1-4H3. The van der Waals surface area contributed by atoms with Crippen molar-refractivity contribution < 1.29 is 23.4 Å². The van der Waals surface area contributed by atoms with Gasteiger partial charge in [0.25, 0.3) is 0 Å². The van der Waals surface area contributed by atoms with Crippen molar-refractivity contribution in [3.05, 3.63) is 253 Å². The zero-order valence-corrected chi connectivity index (χ0v) is 62.4. The Hall–Kier alpha value is -9.86. The Balaban J connectivity index is 0.000000246. The number of benzene rings is 10. The van der Waals surface area contributed by atoms with Crippen LogP contribution in [0.25, 0.3) is 56.3 Å². The van der Waals surface area contributed by atoms with Gasteiger partial charge in [0.1, 0.15) is 23.0 Å². The number of unbranched alkanes of at least 4 members (excludes halogenated alkanes) is 12.